The predicted octanol–water partition coefficient (Wildman–Crippen LogP) is 15.0. The lowest BCUT2D eigenvalue weighted by atomic mass is 10.0. The third kappa shape index (κ3) is 44.0. The average molecular weight is 806 g/mol. The van der Waals surface area contributed by atoms with Crippen molar-refractivity contribution >= 4 is 11.9 Å². The number of rotatable bonds is 47. The largest absolute Gasteiger partial charge is 0.466 e. The first kappa shape index (κ1) is 55.6. The summed E-state index contributed by atoms with van der Waals surface area (Å²) in [5.74, 6) is -0.0800. The van der Waals surface area contributed by atoms with Gasteiger partial charge in [0.05, 0.1) is 25.4 Å². The van der Waals surface area contributed by atoms with Crippen molar-refractivity contribution in [2.24, 2.45) is 0 Å². The van der Waals surface area contributed by atoms with Crippen LogP contribution in [-0.2, 0) is 14.3 Å². The van der Waals surface area contributed by atoms with Crippen LogP contribution in [0.25, 0.3) is 0 Å². The van der Waals surface area contributed by atoms with Gasteiger partial charge in [0.25, 0.3) is 0 Å². The molecule has 0 rings (SSSR count). The van der Waals surface area contributed by atoms with Crippen LogP contribution in [0.5, 0.6) is 0 Å². The van der Waals surface area contributed by atoms with Crippen LogP contribution in [0.1, 0.15) is 277 Å². The molecule has 0 saturated heterocycles. The maximum absolute atomic E-state index is 12.4. The highest BCUT2D eigenvalue weighted by molar-refractivity contribution is 5.76. The third-order valence-electron chi connectivity index (χ3n) is 11.8. The van der Waals surface area contributed by atoms with E-state index in [1.54, 1.807) is 0 Å². The number of aliphatic hydroxyl groups excluding tert-OH is 2. The normalized spacial score (nSPS) is 12.7. The standard InChI is InChI=1S/C51H99NO5/c1-3-5-7-9-11-13-15-17-18-20-25-29-33-37-41-45-51(56)57-46-42-38-34-30-26-22-21-24-28-32-36-40-44-50(55)52-48(47-53)49(54)43-39-35-31-27-23-19-16-14-12-10-8-6-4-2/h22,26,48-49,53-54H,3-21,23-25,27-47H2,1-2H3,(H,52,55)/b26-22-. The number of aliphatic hydroxyl groups is 2. The molecule has 0 aromatic heterocycles. The molecule has 0 aliphatic rings. The Kier molecular flexibility index (Phi) is 46.1. The van der Waals surface area contributed by atoms with E-state index in [2.05, 4.69) is 31.3 Å². The molecule has 6 nitrogen and oxygen atoms in total. The van der Waals surface area contributed by atoms with Crippen molar-refractivity contribution in [1.82, 2.24) is 5.32 Å². The number of hydrogen-bond donors (Lipinski definition) is 3. The van der Waals surface area contributed by atoms with E-state index in [0.717, 1.165) is 77.0 Å². The lowest BCUT2D eigenvalue weighted by Crippen LogP contribution is -2.45. The van der Waals surface area contributed by atoms with Crippen molar-refractivity contribution in [3.63, 3.8) is 0 Å². The molecule has 0 radical (unpaired) electrons. The summed E-state index contributed by atoms with van der Waals surface area (Å²) in [5.41, 5.74) is 0. The Labute approximate surface area is 355 Å². The number of allylic oxidation sites excluding steroid dienone is 2. The highest BCUT2D eigenvalue weighted by Gasteiger charge is 2.20. The Bertz CT molecular complexity index is 847. The summed E-state index contributed by atoms with van der Waals surface area (Å²) in [6.45, 7) is 4.90. The van der Waals surface area contributed by atoms with E-state index >= 15 is 0 Å². The number of hydrogen-bond acceptors (Lipinski definition) is 5. The summed E-state index contributed by atoms with van der Waals surface area (Å²) in [7, 11) is 0. The van der Waals surface area contributed by atoms with Crippen molar-refractivity contribution in [2.45, 2.75) is 289 Å². The van der Waals surface area contributed by atoms with Gasteiger partial charge in [0.2, 0.25) is 5.91 Å². The van der Waals surface area contributed by atoms with Gasteiger partial charge in [0, 0.05) is 12.8 Å². The van der Waals surface area contributed by atoms with Crippen LogP contribution in [0.3, 0.4) is 0 Å². The highest BCUT2D eigenvalue weighted by Crippen LogP contribution is 2.16. The SMILES string of the molecule is CCCCCCCCCCCCCCCCCC(=O)OCCCCC/C=C\CCCCCCCC(=O)NC(CO)C(O)CCCCCCCCCCCCCCC. The molecular weight excluding hydrogens is 707 g/mol. The number of nitrogens with one attached hydrogen (secondary N) is 1. The molecule has 2 atom stereocenters. The molecule has 3 N–H and O–H groups in total. The van der Waals surface area contributed by atoms with Crippen LogP contribution in [-0.4, -0.2) is 47.4 Å². The molecule has 0 spiro atoms. The van der Waals surface area contributed by atoms with Crippen LogP contribution in [0.4, 0.5) is 0 Å². The van der Waals surface area contributed by atoms with Gasteiger partial charge in [-0.2, -0.15) is 0 Å². The number of amides is 1. The van der Waals surface area contributed by atoms with E-state index in [1.807, 2.05) is 0 Å². The molecule has 0 aliphatic heterocycles. The molecule has 0 aromatic carbocycles. The second kappa shape index (κ2) is 47.3. The number of ether oxygens (including phenoxy) is 1. The summed E-state index contributed by atoms with van der Waals surface area (Å²) >= 11 is 0. The first-order valence-electron chi connectivity index (χ1n) is 25.4. The van der Waals surface area contributed by atoms with E-state index in [-0.39, 0.29) is 18.5 Å². The van der Waals surface area contributed by atoms with Gasteiger partial charge in [0.15, 0.2) is 0 Å². The number of carbonyl (C=O) groups excluding carboxylic acids is 2. The van der Waals surface area contributed by atoms with Crippen LogP contribution in [0.15, 0.2) is 12.2 Å². The molecule has 0 heterocycles. The molecule has 1 amide bonds. The topological polar surface area (TPSA) is 95.9 Å². The van der Waals surface area contributed by atoms with E-state index in [4.69, 9.17) is 4.74 Å². The molecule has 0 bridgehead atoms. The first-order chi connectivity index (χ1) is 28.0. The van der Waals surface area contributed by atoms with Gasteiger partial charge in [-0.15, -0.1) is 0 Å². The summed E-state index contributed by atoms with van der Waals surface area (Å²) in [6.07, 6.45) is 53.2. The fraction of sp³-hybridized carbons (Fsp3) is 0.922. The Morgan fingerprint density at radius 2 is 0.825 bits per heavy atom. The van der Waals surface area contributed by atoms with Gasteiger partial charge in [-0.3, -0.25) is 9.59 Å². The molecule has 0 fully saturated rings. The maximum atomic E-state index is 12.4. The summed E-state index contributed by atoms with van der Waals surface area (Å²) in [5, 5.41) is 23.2. The Hall–Kier alpha value is -1.40. The zero-order chi connectivity index (χ0) is 41.5. The van der Waals surface area contributed by atoms with Gasteiger partial charge in [-0.05, 0) is 57.8 Å². The summed E-state index contributed by atoms with van der Waals surface area (Å²) in [6, 6.07) is -0.558. The van der Waals surface area contributed by atoms with Gasteiger partial charge >= 0.3 is 5.97 Å². The molecular formula is C51H99NO5. The van der Waals surface area contributed by atoms with Gasteiger partial charge in [-0.25, -0.2) is 0 Å². The van der Waals surface area contributed by atoms with Gasteiger partial charge in [0.1, 0.15) is 0 Å². The molecule has 0 aromatic rings. The van der Waals surface area contributed by atoms with E-state index in [9.17, 15) is 19.8 Å². The monoisotopic (exact) mass is 806 g/mol. The molecule has 338 valence electrons. The minimum absolute atomic E-state index is 0.0198. The van der Waals surface area contributed by atoms with Crippen LogP contribution in [0, 0.1) is 0 Å². The van der Waals surface area contributed by atoms with Gasteiger partial charge in [-0.1, -0.05) is 219 Å². The molecule has 57 heavy (non-hydrogen) atoms. The lowest BCUT2D eigenvalue weighted by Gasteiger charge is -2.22. The molecule has 6 heteroatoms. The zero-order valence-electron chi connectivity index (χ0n) is 38.3. The maximum Gasteiger partial charge on any atom is 0.305 e. The first-order valence-corrected chi connectivity index (χ1v) is 25.4. The van der Waals surface area contributed by atoms with Crippen molar-refractivity contribution < 1.29 is 24.5 Å². The zero-order valence-corrected chi connectivity index (χ0v) is 38.3. The lowest BCUT2D eigenvalue weighted by molar-refractivity contribution is -0.143. The molecule has 0 aliphatic carbocycles. The van der Waals surface area contributed by atoms with Crippen molar-refractivity contribution in [2.75, 3.05) is 13.2 Å². The van der Waals surface area contributed by atoms with Crippen LogP contribution in [0.2, 0.25) is 0 Å². The van der Waals surface area contributed by atoms with Crippen LogP contribution >= 0.6 is 0 Å². The van der Waals surface area contributed by atoms with Gasteiger partial charge < -0.3 is 20.3 Å². The Morgan fingerprint density at radius 3 is 1.25 bits per heavy atom. The van der Waals surface area contributed by atoms with Crippen molar-refractivity contribution in [1.29, 1.82) is 0 Å². The van der Waals surface area contributed by atoms with Crippen molar-refractivity contribution in [3.8, 4) is 0 Å². The molecule has 2 unspecified atom stereocenters. The minimum atomic E-state index is -0.678. The number of esters is 1. The van der Waals surface area contributed by atoms with E-state index in [0.29, 0.717) is 25.9 Å². The summed E-state index contributed by atoms with van der Waals surface area (Å²) in [4.78, 5) is 24.4. The minimum Gasteiger partial charge on any atom is -0.466 e. The number of carbonyl (C=O) groups is 2. The van der Waals surface area contributed by atoms with E-state index < -0.39 is 12.1 Å². The highest BCUT2D eigenvalue weighted by atomic mass is 16.5. The Morgan fingerprint density at radius 1 is 0.474 bits per heavy atom. The second-order valence-corrected chi connectivity index (χ2v) is 17.5. The number of unbranched alkanes of at least 4 members (excludes halogenated alkanes) is 34. The fourth-order valence-corrected chi connectivity index (χ4v) is 7.87. The predicted molar refractivity (Wildman–Crippen MR) is 246 cm³/mol. The fourth-order valence-electron chi connectivity index (χ4n) is 7.87. The quantitative estimate of drug-likeness (QED) is 0.0323. The van der Waals surface area contributed by atoms with E-state index in [1.165, 1.54) is 167 Å². The average Bonchev–Trinajstić information content (AvgIpc) is 3.21. The Balaban J connectivity index is 3.49. The third-order valence-corrected chi connectivity index (χ3v) is 11.8. The second-order valence-electron chi connectivity index (χ2n) is 17.5. The van der Waals surface area contributed by atoms with Crippen LogP contribution < -0.4 is 5.32 Å². The smallest absolute Gasteiger partial charge is 0.305 e. The molecule has 0 saturated carbocycles. The summed E-state index contributed by atoms with van der Waals surface area (Å²) < 4.78 is 5.45. The van der Waals surface area contributed by atoms with Crippen molar-refractivity contribution in [3.05, 3.63) is 12.2 Å².